The smallest absolute Gasteiger partial charge is 0.270 e. The van der Waals surface area contributed by atoms with E-state index in [4.69, 9.17) is 28.2 Å². The molecule has 1 N–H and O–H groups in total. The fourth-order valence-corrected chi connectivity index (χ4v) is 3.59. The number of benzene rings is 2. The summed E-state index contributed by atoms with van der Waals surface area (Å²) in [7, 11) is 0. The van der Waals surface area contributed by atoms with E-state index in [-0.39, 0.29) is 10.7 Å². The van der Waals surface area contributed by atoms with Crippen molar-refractivity contribution in [3.8, 4) is 11.3 Å². The van der Waals surface area contributed by atoms with E-state index < -0.39 is 11.8 Å². The molecule has 1 aliphatic heterocycles. The Morgan fingerprint density at radius 1 is 1.07 bits per heavy atom. The van der Waals surface area contributed by atoms with Crippen LogP contribution >= 0.6 is 39.7 Å². The number of amides is 2. The summed E-state index contributed by atoms with van der Waals surface area (Å²) in [6.07, 6.45) is 1.40. The Bertz CT molecular complexity index is 1170. The minimum absolute atomic E-state index is 0.0264. The minimum Gasteiger partial charge on any atom is -0.457 e. The van der Waals surface area contributed by atoms with Crippen molar-refractivity contribution >= 4 is 68.4 Å². The van der Waals surface area contributed by atoms with Gasteiger partial charge in [-0.05, 0) is 66.8 Å². The van der Waals surface area contributed by atoms with Gasteiger partial charge in [-0.15, -0.1) is 0 Å². The third-order valence-corrected chi connectivity index (χ3v) is 5.26. The van der Waals surface area contributed by atoms with Gasteiger partial charge in [-0.25, -0.2) is 0 Å². The topological polar surface area (TPSA) is 62.6 Å². The van der Waals surface area contributed by atoms with Crippen molar-refractivity contribution in [2.45, 2.75) is 0 Å². The zero-order valence-electron chi connectivity index (χ0n) is 14.7. The first-order valence-electron chi connectivity index (χ1n) is 8.45. The van der Waals surface area contributed by atoms with E-state index in [2.05, 4.69) is 21.2 Å². The van der Waals surface area contributed by atoms with E-state index in [9.17, 15) is 9.59 Å². The highest BCUT2D eigenvalue weighted by Crippen LogP contribution is 2.27. The molecule has 0 saturated carbocycles. The van der Waals surface area contributed by atoms with Gasteiger partial charge in [0, 0.05) is 15.1 Å². The Morgan fingerprint density at radius 3 is 2.55 bits per heavy atom. The first-order valence-corrected chi connectivity index (χ1v) is 10.0. The fourth-order valence-electron chi connectivity index (χ4n) is 2.85. The number of halogens is 2. The van der Waals surface area contributed by atoms with Crippen molar-refractivity contribution in [3.63, 3.8) is 0 Å². The van der Waals surface area contributed by atoms with Crippen LogP contribution in [0.5, 0.6) is 0 Å². The molecule has 29 heavy (non-hydrogen) atoms. The van der Waals surface area contributed by atoms with E-state index in [0.717, 1.165) is 10.0 Å². The molecule has 0 spiro atoms. The Morgan fingerprint density at radius 2 is 1.83 bits per heavy atom. The number of carbonyl (C=O) groups excluding carboxylic acids is 2. The number of carbonyl (C=O) groups is 2. The van der Waals surface area contributed by atoms with Crippen LogP contribution in [0.25, 0.3) is 17.4 Å². The number of nitrogens with one attached hydrogen (secondary N) is 1. The molecule has 5 nitrogen and oxygen atoms in total. The van der Waals surface area contributed by atoms with Crippen LogP contribution in [0.15, 0.2) is 75.1 Å². The SMILES string of the molecule is O=C1NC(=S)N(c2ccc(Br)cc2)C(=O)/C1=C/c1ccc(-c2cccc(Cl)c2)o1. The molecule has 1 aliphatic rings. The molecule has 8 heteroatoms. The first-order chi connectivity index (χ1) is 13.9. The van der Waals surface area contributed by atoms with Crippen LogP contribution in [-0.2, 0) is 9.59 Å². The molecule has 4 rings (SSSR count). The number of furan rings is 1. The first kappa shape index (κ1) is 19.6. The van der Waals surface area contributed by atoms with E-state index in [0.29, 0.717) is 22.2 Å². The van der Waals surface area contributed by atoms with E-state index in [1.807, 2.05) is 12.1 Å². The average molecular weight is 488 g/mol. The van der Waals surface area contributed by atoms with Crippen molar-refractivity contribution in [2.24, 2.45) is 0 Å². The van der Waals surface area contributed by atoms with E-state index >= 15 is 0 Å². The molecule has 1 aromatic heterocycles. The number of nitrogens with zero attached hydrogens (tertiary/aromatic N) is 1. The van der Waals surface area contributed by atoms with E-state index in [1.165, 1.54) is 11.0 Å². The molecule has 0 bridgehead atoms. The normalized spacial score (nSPS) is 15.7. The summed E-state index contributed by atoms with van der Waals surface area (Å²) in [6.45, 7) is 0. The summed E-state index contributed by atoms with van der Waals surface area (Å²) >= 11 is 14.6. The number of rotatable bonds is 3. The lowest BCUT2D eigenvalue weighted by Crippen LogP contribution is -2.54. The molecular formula is C21H12BrClN2O3S. The number of hydrogen-bond acceptors (Lipinski definition) is 4. The molecule has 0 unspecified atom stereocenters. The Balaban J connectivity index is 1.67. The van der Waals surface area contributed by atoms with Crippen molar-refractivity contribution in [1.29, 1.82) is 0 Å². The summed E-state index contributed by atoms with van der Waals surface area (Å²) < 4.78 is 6.64. The van der Waals surface area contributed by atoms with E-state index in [1.54, 1.807) is 48.5 Å². The molecule has 2 aromatic carbocycles. The average Bonchev–Trinajstić information content (AvgIpc) is 3.15. The minimum atomic E-state index is -0.575. The van der Waals surface area contributed by atoms with Gasteiger partial charge in [-0.2, -0.15) is 0 Å². The van der Waals surface area contributed by atoms with Crippen LogP contribution in [0.2, 0.25) is 5.02 Å². The molecule has 1 saturated heterocycles. The van der Waals surface area contributed by atoms with Gasteiger partial charge in [0.05, 0.1) is 5.69 Å². The summed E-state index contributed by atoms with van der Waals surface area (Å²) in [6, 6.07) is 17.7. The lowest BCUT2D eigenvalue weighted by atomic mass is 10.1. The molecule has 0 radical (unpaired) electrons. The summed E-state index contributed by atoms with van der Waals surface area (Å²) in [5.41, 5.74) is 1.26. The van der Waals surface area contributed by atoms with Gasteiger partial charge in [0.2, 0.25) is 0 Å². The molecule has 1 fully saturated rings. The standard InChI is InChI=1S/C21H12BrClN2O3S/c22-13-4-6-15(7-5-13)25-20(27)17(19(26)24-21(25)29)11-16-8-9-18(28-16)12-2-1-3-14(23)10-12/h1-11H,(H,24,26,29)/b17-11+. The summed E-state index contributed by atoms with van der Waals surface area (Å²) in [5, 5.41) is 3.16. The maximum atomic E-state index is 13.0. The van der Waals surface area contributed by atoms with Gasteiger partial charge in [-0.3, -0.25) is 19.8 Å². The highest BCUT2D eigenvalue weighted by atomic mass is 79.9. The van der Waals surface area contributed by atoms with Crippen LogP contribution in [-0.4, -0.2) is 16.9 Å². The van der Waals surface area contributed by atoms with Gasteiger partial charge in [0.25, 0.3) is 11.8 Å². The van der Waals surface area contributed by atoms with Crippen LogP contribution in [0.4, 0.5) is 5.69 Å². The maximum absolute atomic E-state index is 13.0. The van der Waals surface area contributed by atoms with Gasteiger partial charge in [0.1, 0.15) is 17.1 Å². The highest BCUT2D eigenvalue weighted by molar-refractivity contribution is 9.10. The Labute approximate surface area is 185 Å². The zero-order valence-corrected chi connectivity index (χ0v) is 17.8. The third-order valence-electron chi connectivity index (χ3n) is 4.21. The summed E-state index contributed by atoms with van der Waals surface area (Å²) in [5.74, 6) is -0.166. The second-order valence-electron chi connectivity index (χ2n) is 6.15. The highest BCUT2D eigenvalue weighted by Gasteiger charge is 2.34. The molecule has 2 amide bonds. The third kappa shape index (κ3) is 4.03. The molecule has 2 heterocycles. The van der Waals surface area contributed by atoms with Crippen LogP contribution < -0.4 is 10.2 Å². The lowest BCUT2D eigenvalue weighted by Gasteiger charge is -2.28. The van der Waals surface area contributed by atoms with Crippen LogP contribution in [0.3, 0.4) is 0 Å². The van der Waals surface area contributed by atoms with Gasteiger partial charge < -0.3 is 4.42 Å². The molecule has 3 aromatic rings. The van der Waals surface area contributed by atoms with Crippen molar-refractivity contribution < 1.29 is 14.0 Å². The molecule has 0 aliphatic carbocycles. The quantitative estimate of drug-likeness (QED) is 0.314. The van der Waals surface area contributed by atoms with Crippen molar-refractivity contribution in [1.82, 2.24) is 5.32 Å². The number of anilines is 1. The van der Waals surface area contributed by atoms with Gasteiger partial charge in [0.15, 0.2) is 5.11 Å². The molecule has 144 valence electrons. The monoisotopic (exact) mass is 486 g/mol. The largest absolute Gasteiger partial charge is 0.457 e. The Kier molecular flexibility index (Phi) is 5.36. The summed E-state index contributed by atoms with van der Waals surface area (Å²) in [4.78, 5) is 26.7. The number of hydrogen-bond donors (Lipinski definition) is 1. The molecule has 0 atom stereocenters. The second-order valence-corrected chi connectivity index (χ2v) is 7.89. The second kappa shape index (κ2) is 7.94. The van der Waals surface area contributed by atoms with Crippen molar-refractivity contribution in [2.75, 3.05) is 4.90 Å². The Hall–Kier alpha value is -2.74. The predicted octanol–water partition coefficient (Wildman–Crippen LogP) is 5.19. The van der Waals surface area contributed by atoms with Gasteiger partial charge in [-0.1, -0.05) is 39.7 Å². The fraction of sp³-hybridized carbons (Fsp3) is 0. The van der Waals surface area contributed by atoms with Crippen LogP contribution in [0, 0.1) is 0 Å². The van der Waals surface area contributed by atoms with Crippen molar-refractivity contribution in [3.05, 3.63) is 81.5 Å². The van der Waals surface area contributed by atoms with Gasteiger partial charge >= 0.3 is 0 Å². The molecular weight excluding hydrogens is 476 g/mol. The maximum Gasteiger partial charge on any atom is 0.270 e. The zero-order chi connectivity index (χ0) is 20.5. The number of thiocarbonyl (C=S) groups is 1. The lowest BCUT2D eigenvalue weighted by molar-refractivity contribution is -0.122. The predicted molar refractivity (Wildman–Crippen MR) is 119 cm³/mol. The van der Waals surface area contributed by atoms with Crippen LogP contribution in [0.1, 0.15) is 5.76 Å².